The summed E-state index contributed by atoms with van der Waals surface area (Å²) < 4.78 is 0. The molecule has 15 heavy (non-hydrogen) atoms. The van der Waals surface area contributed by atoms with Gasteiger partial charge in [0.2, 0.25) is 11.9 Å². The van der Waals surface area contributed by atoms with Gasteiger partial charge in [-0.1, -0.05) is 6.92 Å². The van der Waals surface area contributed by atoms with Gasteiger partial charge in [-0.05, 0) is 13.3 Å². The van der Waals surface area contributed by atoms with Gasteiger partial charge in [-0.3, -0.25) is 10.1 Å². The van der Waals surface area contributed by atoms with Gasteiger partial charge in [0.15, 0.2) is 0 Å². The number of hydrogen-bond acceptors (Lipinski definition) is 5. The van der Waals surface area contributed by atoms with Gasteiger partial charge in [-0.15, -0.1) is 5.10 Å². The van der Waals surface area contributed by atoms with Crippen LogP contribution in [0.15, 0.2) is 12.4 Å². The van der Waals surface area contributed by atoms with Gasteiger partial charge in [-0.25, -0.2) is 4.98 Å². The second-order valence-electron chi connectivity index (χ2n) is 3.54. The fourth-order valence-electron chi connectivity index (χ4n) is 0.955. The lowest BCUT2D eigenvalue weighted by atomic mass is 9.87. The van der Waals surface area contributed by atoms with Crippen LogP contribution < -0.4 is 11.1 Å². The fraction of sp³-hybridized carbons (Fsp3) is 0.556. The van der Waals surface area contributed by atoms with Crippen molar-refractivity contribution < 1.29 is 4.79 Å². The molecule has 0 saturated carbocycles. The quantitative estimate of drug-likeness (QED) is 0.738. The standard InChI is InChI=1S/C9H15N5O/c1-3-9(2,6-10)7(15)13-8-11-4-5-12-14-8/h4-5H,3,6,10H2,1-2H3,(H,11,13,14,15). The first kappa shape index (κ1) is 11.5. The molecule has 1 rings (SSSR count). The van der Waals surface area contributed by atoms with Crippen LogP contribution in [-0.2, 0) is 4.79 Å². The Morgan fingerprint density at radius 1 is 1.60 bits per heavy atom. The molecule has 0 aliphatic carbocycles. The Hall–Kier alpha value is -1.56. The van der Waals surface area contributed by atoms with Gasteiger partial charge in [0.25, 0.3) is 0 Å². The van der Waals surface area contributed by atoms with Gasteiger partial charge in [-0.2, -0.15) is 5.10 Å². The van der Waals surface area contributed by atoms with Crippen LogP contribution >= 0.6 is 0 Å². The molecule has 3 N–H and O–H groups in total. The van der Waals surface area contributed by atoms with Crippen molar-refractivity contribution in [3.8, 4) is 0 Å². The molecule has 6 nitrogen and oxygen atoms in total. The average Bonchev–Trinajstić information content (AvgIpc) is 2.29. The molecular weight excluding hydrogens is 194 g/mol. The van der Waals surface area contributed by atoms with E-state index in [1.54, 1.807) is 6.92 Å². The molecule has 82 valence electrons. The van der Waals surface area contributed by atoms with E-state index in [0.29, 0.717) is 6.42 Å². The summed E-state index contributed by atoms with van der Waals surface area (Å²) in [6.07, 6.45) is 3.57. The predicted octanol–water partition coefficient (Wildman–Crippen LogP) is 0.185. The third-order valence-corrected chi connectivity index (χ3v) is 2.49. The summed E-state index contributed by atoms with van der Waals surface area (Å²) >= 11 is 0. The van der Waals surface area contributed by atoms with Gasteiger partial charge < -0.3 is 5.73 Å². The Morgan fingerprint density at radius 3 is 2.80 bits per heavy atom. The van der Waals surface area contributed by atoms with Crippen molar-refractivity contribution in [2.45, 2.75) is 20.3 Å². The van der Waals surface area contributed by atoms with E-state index in [0.717, 1.165) is 0 Å². The van der Waals surface area contributed by atoms with Crippen molar-refractivity contribution in [3.63, 3.8) is 0 Å². The molecule has 0 bridgehead atoms. The second-order valence-corrected chi connectivity index (χ2v) is 3.54. The monoisotopic (exact) mass is 209 g/mol. The van der Waals surface area contributed by atoms with Crippen molar-refractivity contribution in [1.82, 2.24) is 15.2 Å². The smallest absolute Gasteiger partial charge is 0.249 e. The number of amides is 1. The zero-order chi connectivity index (χ0) is 11.3. The van der Waals surface area contributed by atoms with Crippen molar-refractivity contribution in [2.24, 2.45) is 11.1 Å². The molecule has 0 saturated heterocycles. The van der Waals surface area contributed by atoms with Gasteiger partial charge >= 0.3 is 0 Å². The van der Waals surface area contributed by atoms with Gasteiger partial charge in [0.05, 0.1) is 17.8 Å². The average molecular weight is 209 g/mol. The molecule has 1 aromatic rings. The number of anilines is 1. The number of nitrogens with one attached hydrogen (secondary N) is 1. The third-order valence-electron chi connectivity index (χ3n) is 2.49. The van der Waals surface area contributed by atoms with Crippen LogP contribution in [0.4, 0.5) is 5.95 Å². The van der Waals surface area contributed by atoms with Crippen LogP contribution in [0, 0.1) is 5.41 Å². The van der Waals surface area contributed by atoms with Gasteiger partial charge in [0, 0.05) is 6.54 Å². The molecule has 0 aliphatic rings. The van der Waals surface area contributed by atoms with Crippen LogP contribution in [-0.4, -0.2) is 27.6 Å². The molecule has 6 heteroatoms. The molecule has 1 unspecified atom stereocenters. The topological polar surface area (TPSA) is 93.8 Å². The summed E-state index contributed by atoms with van der Waals surface area (Å²) in [6, 6.07) is 0. The van der Waals surface area contributed by atoms with Gasteiger partial charge in [0.1, 0.15) is 0 Å². The van der Waals surface area contributed by atoms with Crippen LogP contribution in [0.2, 0.25) is 0 Å². The Balaban J connectivity index is 2.71. The maximum Gasteiger partial charge on any atom is 0.249 e. The van der Waals surface area contributed by atoms with Crippen LogP contribution in [0.1, 0.15) is 20.3 Å². The van der Waals surface area contributed by atoms with E-state index in [4.69, 9.17) is 5.73 Å². The summed E-state index contributed by atoms with van der Waals surface area (Å²) in [5.41, 5.74) is 4.97. The van der Waals surface area contributed by atoms with E-state index >= 15 is 0 Å². The number of nitrogens with two attached hydrogens (primary N) is 1. The maximum atomic E-state index is 11.8. The van der Waals surface area contributed by atoms with E-state index in [1.807, 2.05) is 6.92 Å². The predicted molar refractivity (Wildman–Crippen MR) is 55.9 cm³/mol. The number of aromatic nitrogens is 3. The number of carbonyl (C=O) groups is 1. The highest BCUT2D eigenvalue weighted by Crippen LogP contribution is 2.20. The fourth-order valence-corrected chi connectivity index (χ4v) is 0.955. The van der Waals surface area contributed by atoms with Crippen LogP contribution in [0.3, 0.4) is 0 Å². The summed E-state index contributed by atoms with van der Waals surface area (Å²) in [7, 11) is 0. The highest BCUT2D eigenvalue weighted by molar-refractivity contribution is 5.93. The van der Waals surface area contributed by atoms with E-state index in [2.05, 4.69) is 20.5 Å². The lowest BCUT2D eigenvalue weighted by molar-refractivity contribution is -0.124. The van der Waals surface area contributed by atoms with Crippen molar-refractivity contribution >= 4 is 11.9 Å². The summed E-state index contributed by atoms with van der Waals surface area (Å²) in [5.74, 6) is 0.0242. The Labute approximate surface area is 88.3 Å². The number of carbonyl (C=O) groups excluding carboxylic acids is 1. The minimum atomic E-state index is -0.584. The molecule has 0 spiro atoms. The zero-order valence-electron chi connectivity index (χ0n) is 8.90. The first-order chi connectivity index (χ1) is 7.12. The molecule has 1 amide bonds. The van der Waals surface area contributed by atoms with Crippen molar-refractivity contribution in [1.29, 1.82) is 0 Å². The number of rotatable bonds is 4. The largest absolute Gasteiger partial charge is 0.329 e. The van der Waals surface area contributed by atoms with Crippen molar-refractivity contribution in [3.05, 3.63) is 12.4 Å². The van der Waals surface area contributed by atoms with Crippen molar-refractivity contribution in [2.75, 3.05) is 11.9 Å². The normalized spacial score (nSPS) is 14.3. The van der Waals surface area contributed by atoms with E-state index in [-0.39, 0.29) is 18.4 Å². The summed E-state index contributed by atoms with van der Waals surface area (Å²) in [5, 5.41) is 9.86. The molecular formula is C9H15N5O. The molecule has 0 fully saturated rings. The molecule has 0 radical (unpaired) electrons. The highest BCUT2D eigenvalue weighted by atomic mass is 16.2. The third kappa shape index (κ3) is 2.69. The first-order valence-electron chi connectivity index (χ1n) is 4.77. The molecule has 0 aromatic carbocycles. The Bertz CT molecular complexity index is 323. The lowest BCUT2D eigenvalue weighted by Crippen LogP contribution is -2.39. The molecule has 1 atom stereocenters. The summed E-state index contributed by atoms with van der Waals surface area (Å²) in [6.45, 7) is 4.00. The first-order valence-corrected chi connectivity index (χ1v) is 4.77. The SMILES string of the molecule is CCC(C)(CN)C(=O)Nc1nccnn1. The minimum absolute atomic E-state index is 0.180. The second kappa shape index (κ2) is 4.79. The van der Waals surface area contributed by atoms with E-state index in [9.17, 15) is 4.79 Å². The summed E-state index contributed by atoms with van der Waals surface area (Å²) in [4.78, 5) is 15.7. The number of hydrogen-bond donors (Lipinski definition) is 2. The molecule has 0 aliphatic heterocycles. The molecule has 1 heterocycles. The molecule has 1 aromatic heterocycles. The lowest BCUT2D eigenvalue weighted by Gasteiger charge is -2.23. The highest BCUT2D eigenvalue weighted by Gasteiger charge is 2.30. The Morgan fingerprint density at radius 2 is 2.33 bits per heavy atom. The van der Waals surface area contributed by atoms with E-state index in [1.165, 1.54) is 12.4 Å². The zero-order valence-corrected chi connectivity index (χ0v) is 8.90. The minimum Gasteiger partial charge on any atom is -0.329 e. The maximum absolute atomic E-state index is 11.8. The van der Waals surface area contributed by atoms with Crippen LogP contribution in [0.5, 0.6) is 0 Å². The van der Waals surface area contributed by atoms with E-state index < -0.39 is 5.41 Å². The Kier molecular flexibility index (Phi) is 3.68. The van der Waals surface area contributed by atoms with Crippen LogP contribution in [0.25, 0.3) is 0 Å². The number of nitrogens with zero attached hydrogens (tertiary/aromatic N) is 3.